The van der Waals surface area contributed by atoms with E-state index < -0.39 is 0 Å². The Balaban J connectivity index is 2.20. The maximum atomic E-state index is 5.91. The summed E-state index contributed by atoms with van der Waals surface area (Å²) >= 11 is 5.91. The summed E-state index contributed by atoms with van der Waals surface area (Å²) in [6, 6.07) is 2.24. The average Bonchev–Trinajstić information content (AvgIpc) is 2.67. The molecule has 4 nitrogen and oxygen atoms in total. The molecule has 0 bridgehead atoms. The highest BCUT2D eigenvalue weighted by molar-refractivity contribution is 6.29. The molecule has 15 heavy (non-hydrogen) atoms. The summed E-state index contributed by atoms with van der Waals surface area (Å²) < 4.78 is 0. The van der Waals surface area contributed by atoms with E-state index in [2.05, 4.69) is 20.2 Å². The molecule has 1 aromatic rings. The van der Waals surface area contributed by atoms with Gasteiger partial charge in [-0.1, -0.05) is 11.6 Å². The molecular weight excluding hydrogens is 212 g/mol. The van der Waals surface area contributed by atoms with Crippen LogP contribution in [0.4, 0.5) is 5.95 Å². The first-order valence-electron chi connectivity index (χ1n) is 5.11. The van der Waals surface area contributed by atoms with Gasteiger partial charge in [-0.05, 0) is 26.0 Å². The molecule has 1 N–H and O–H groups in total. The maximum absolute atomic E-state index is 5.91. The normalized spacial score (nSPS) is 20.6. The summed E-state index contributed by atoms with van der Waals surface area (Å²) in [5.74, 6) is 0.716. The topological polar surface area (TPSA) is 41.1 Å². The zero-order valence-corrected chi connectivity index (χ0v) is 9.75. The standard InChI is InChI=1S/C10H15ClN4/c1-7-5-9(11)14-10(13-7)15(2)8-3-4-12-6-8/h5,8,12H,3-4,6H2,1-2H3/t8-/m1/s1. The molecule has 0 spiro atoms. The number of rotatable bonds is 2. The van der Waals surface area contributed by atoms with E-state index in [1.165, 1.54) is 0 Å². The van der Waals surface area contributed by atoms with Crippen molar-refractivity contribution in [2.75, 3.05) is 25.0 Å². The smallest absolute Gasteiger partial charge is 0.227 e. The highest BCUT2D eigenvalue weighted by atomic mass is 35.5. The lowest BCUT2D eigenvalue weighted by Crippen LogP contribution is -2.34. The Morgan fingerprint density at radius 1 is 1.53 bits per heavy atom. The van der Waals surface area contributed by atoms with Crippen LogP contribution >= 0.6 is 11.6 Å². The number of nitrogens with zero attached hydrogens (tertiary/aromatic N) is 3. The van der Waals surface area contributed by atoms with E-state index in [0.717, 1.165) is 25.2 Å². The third-order valence-electron chi connectivity index (χ3n) is 2.71. The monoisotopic (exact) mass is 226 g/mol. The molecule has 1 aliphatic heterocycles. The minimum absolute atomic E-state index is 0.475. The summed E-state index contributed by atoms with van der Waals surface area (Å²) in [5, 5.41) is 3.83. The molecule has 0 unspecified atom stereocenters. The fourth-order valence-corrected chi connectivity index (χ4v) is 2.04. The Bertz CT molecular complexity index is 329. The lowest BCUT2D eigenvalue weighted by Gasteiger charge is -2.23. The molecule has 2 rings (SSSR count). The lowest BCUT2D eigenvalue weighted by molar-refractivity contribution is 0.667. The van der Waals surface area contributed by atoms with Gasteiger partial charge in [-0.25, -0.2) is 9.97 Å². The van der Waals surface area contributed by atoms with Crippen LogP contribution in [0.2, 0.25) is 5.15 Å². The quantitative estimate of drug-likeness (QED) is 0.771. The molecule has 1 aromatic heterocycles. The Morgan fingerprint density at radius 2 is 2.33 bits per heavy atom. The number of aromatic nitrogens is 2. The predicted octanol–water partition coefficient (Wildman–Crippen LogP) is 1.24. The number of hydrogen-bond acceptors (Lipinski definition) is 4. The number of hydrogen-bond donors (Lipinski definition) is 1. The van der Waals surface area contributed by atoms with Crippen molar-refractivity contribution in [3.63, 3.8) is 0 Å². The zero-order chi connectivity index (χ0) is 10.8. The Kier molecular flexibility index (Phi) is 3.07. The molecular formula is C10H15ClN4. The molecule has 1 saturated heterocycles. The fraction of sp³-hybridized carbons (Fsp3) is 0.600. The van der Waals surface area contributed by atoms with Crippen LogP contribution in [-0.4, -0.2) is 36.1 Å². The van der Waals surface area contributed by atoms with Gasteiger partial charge in [-0.2, -0.15) is 0 Å². The van der Waals surface area contributed by atoms with Crippen LogP contribution in [0.15, 0.2) is 6.07 Å². The van der Waals surface area contributed by atoms with Gasteiger partial charge in [0.25, 0.3) is 0 Å². The van der Waals surface area contributed by atoms with Crippen molar-refractivity contribution in [1.29, 1.82) is 0 Å². The van der Waals surface area contributed by atoms with Gasteiger partial charge in [0.15, 0.2) is 0 Å². The van der Waals surface area contributed by atoms with E-state index in [9.17, 15) is 0 Å². The lowest BCUT2D eigenvalue weighted by atomic mass is 10.2. The van der Waals surface area contributed by atoms with Crippen molar-refractivity contribution in [3.8, 4) is 0 Å². The van der Waals surface area contributed by atoms with E-state index in [1.54, 1.807) is 6.07 Å². The van der Waals surface area contributed by atoms with Gasteiger partial charge < -0.3 is 10.2 Å². The van der Waals surface area contributed by atoms with Crippen molar-refractivity contribution >= 4 is 17.5 Å². The summed E-state index contributed by atoms with van der Waals surface area (Å²) in [5.41, 5.74) is 0.905. The molecule has 5 heteroatoms. The van der Waals surface area contributed by atoms with E-state index in [4.69, 9.17) is 11.6 Å². The number of halogens is 1. The van der Waals surface area contributed by atoms with E-state index >= 15 is 0 Å². The van der Waals surface area contributed by atoms with Gasteiger partial charge in [0.1, 0.15) is 5.15 Å². The highest BCUT2D eigenvalue weighted by Crippen LogP contribution is 2.16. The summed E-state index contributed by atoms with van der Waals surface area (Å²) in [7, 11) is 2.02. The van der Waals surface area contributed by atoms with Crippen LogP contribution in [0.1, 0.15) is 12.1 Å². The summed E-state index contributed by atoms with van der Waals surface area (Å²) in [4.78, 5) is 10.7. The second-order valence-electron chi connectivity index (χ2n) is 3.89. The van der Waals surface area contributed by atoms with Crippen molar-refractivity contribution in [3.05, 3.63) is 16.9 Å². The van der Waals surface area contributed by atoms with Crippen LogP contribution in [0.25, 0.3) is 0 Å². The second-order valence-corrected chi connectivity index (χ2v) is 4.28. The van der Waals surface area contributed by atoms with E-state index in [0.29, 0.717) is 17.1 Å². The molecule has 1 atom stereocenters. The summed E-state index contributed by atoms with van der Waals surface area (Å²) in [6.45, 7) is 3.98. The first-order valence-corrected chi connectivity index (χ1v) is 5.49. The molecule has 0 amide bonds. The number of aryl methyl sites for hydroxylation is 1. The van der Waals surface area contributed by atoms with Crippen LogP contribution in [0.5, 0.6) is 0 Å². The molecule has 82 valence electrons. The van der Waals surface area contributed by atoms with Crippen molar-refractivity contribution in [2.24, 2.45) is 0 Å². The molecule has 1 aliphatic rings. The van der Waals surface area contributed by atoms with Crippen molar-refractivity contribution in [2.45, 2.75) is 19.4 Å². The Labute approximate surface area is 94.7 Å². The van der Waals surface area contributed by atoms with Gasteiger partial charge >= 0.3 is 0 Å². The van der Waals surface area contributed by atoms with Gasteiger partial charge in [0, 0.05) is 25.3 Å². The highest BCUT2D eigenvalue weighted by Gasteiger charge is 2.21. The molecule has 0 saturated carbocycles. The molecule has 0 aromatic carbocycles. The van der Waals surface area contributed by atoms with Gasteiger partial charge in [0.05, 0.1) is 0 Å². The van der Waals surface area contributed by atoms with Crippen LogP contribution in [0, 0.1) is 6.92 Å². The third-order valence-corrected chi connectivity index (χ3v) is 2.90. The second kappa shape index (κ2) is 4.33. The zero-order valence-electron chi connectivity index (χ0n) is 9.00. The van der Waals surface area contributed by atoms with Crippen LogP contribution in [0.3, 0.4) is 0 Å². The van der Waals surface area contributed by atoms with Gasteiger partial charge in [-0.15, -0.1) is 0 Å². The van der Waals surface area contributed by atoms with Gasteiger partial charge in [-0.3, -0.25) is 0 Å². The third kappa shape index (κ3) is 2.38. The average molecular weight is 227 g/mol. The van der Waals surface area contributed by atoms with Crippen molar-refractivity contribution in [1.82, 2.24) is 15.3 Å². The maximum Gasteiger partial charge on any atom is 0.227 e. The van der Waals surface area contributed by atoms with E-state index in [1.807, 2.05) is 14.0 Å². The first kappa shape index (κ1) is 10.6. The number of likely N-dealkylation sites (N-methyl/N-ethyl adjacent to an activating group) is 1. The fourth-order valence-electron chi connectivity index (χ4n) is 1.81. The molecule has 1 fully saturated rings. The Morgan fingerprint density at radius 3 is 2.93 bits per heavy atom. The number of nitrogens with one attached hydrogen (secondary N) is 1. The van der Waals surface area contributed by atoms with Crippen LogP contribution < -0.4 is 10.2 Å². The summed E-state index contributed by atoms with van der Waals surface area (Å²) in [6.07, 6.45) is 1.13. The van der Waals surface area contributed by atoms with Crippen molar-refractivity contribution < 1.29 is 0 Å². The molecule has 0 radical (unpaired) electrons. The minimum atomic E-state index is 0.475. The largest absolute Gasteiger partial charge is 0.340 e. The molecule has 2 heterocycles. The predicted molar refractivity (Wildman–Crippen MR) is 61.5 cm³/mol. The first-order chi connectivity index (χ1) is 7.16. The Hall–Kier alpha value is -0.870. The molecule has 0 aliphatic carbocycles. The van der Waals surface area contributed by atoms with Crippen LogP contribution in [-0.2, 0) is 0 Å². The number of anilines is 1. The minimum Gasteiger partial charge on any atom is -0.340 e. The van der Waals surface area contributed by atoms with Gasteiger partial charge in [0.2, 0.25) is 5.95 Å². The van der Waals surface area contributed by atoms with E-state index in [-0.39, 0.29) is 0 Å². The SMILES string of the molecule is Cc1cc(Cl)nc(N(C)[C@@H]2CCNC2)n1.